The summed E-state index contributed by atoms with van der Waals surface area (Å²) in [5.74, 6) is 0.908. The lowest BCUT2D eigenvalue weighted by Gasteiger charge is -2.30. The van der Waals surface area contributed by atoms with Crippen molar-refractivity contribution >= 4 is 11.8 Å². The van der Waals surface area contributed by atoms with Gasteiger partial charge < -0.3 is 11.1 Å². The largest absolute Gasteiger partial charge is 0.328 e. The number of aromatic nitrogens is 4. The zero-order valence-corrected chi connectivity index (χ0v) is 16.6. The summed E-state index contributed by atoms with van der Waals surface area (Å²) in [5.41, 5.74) is 7.29. The molecule has 3 rings (SSSR count). The van der Waals surface area contributed by atoms with Crippen molar-refractivity contribution < 1.29 is 0 Å². The molecule has 1 fully saturated rings. The molecule has 1 atom stereocenters. The lowest BCUT2D eigenvalue weighted by atomic mass is 9.90. The third-order valence-electron chi connectivity index (χ3n) is 5.16. The molecule has 142 valence electrons. The highest BCUT2D eigenvalue weighted by Gasteiger charge is 2.26. The lowest BCUT2D eigenvalue weighted by molar-refractivity contribution is 0.320. The zero-order chi connectivity index (χ0) is 18.4. The van der Waals surface area contributed by atoms with Crippen LogP contribution in [0.25, 0.3) is 0 Å². The van der Waals surface area contributed by atoms with Gasteiger partial charge in [-0.25, -0.2) is 4.68 Å². The van der Waals surface area contributed by atoms with E-state index < -0.39 is 0 Å². The van der Waals surface area contributed by atoms with E-state index in [2.05, 4.69) is 58.3 Å². The molecular weight excluding hydrogens is 344 g/mol. The second-order valence-electron chi connectivity index (χ2n) is 7.10. The first-order chi connectivity index (χ1) is 12.7. The van der Waals surface area contributed by atoms with Gasteiger partial charge in [0.1, 0.15) is 0 Å². The molecule has 2 aromatic rings. The van der Waals surface area contributed by atoms with Crippen LogP contribution in [0.1, 0.15) is 62.9 Å². The molecule has 0 bridgehead atoms. The van der Waals surface area contributed by atoms with Crippen LogP contribution in [0.15, 0.2) is 29.2 Å². The van der Waals surface area contributed by atoms with E-state index in [1.165, 1.54) is 10.5 Å². The van der Waals surface area contributed by atoms with Crippen LogP contribution in [-0.4, -0.2) is 38.5 Å². The fraction of sp³-hybridized carbons (Fsp3) is 0.632. The monoisotopic (exact) mass is 374 g/mol. The Hall–Kier alpha value is -1.44. The number of benzene rings is 1. The molecule has 0 amide bonds. The zero-order valence-electron chi connectivity index (χ0n) is 15.8. The standard InChI is InChI=1S/C19H30N6S/c1-3-4-13-25-19(22-23-24-25)18(14-5-11-17(26-2)12-6-14)21-16-9-7-15(20)8-10-16/h5-6,11-12,15-16,18,21H,3-4,7-10,13,20H2,1-2H3. The van der Waals surface area contributed by atoms with Crippen molar-refractivity contribution in [1.29, 1.82) is 0 Å². The van der Waals surface area contributed by atoms with Crippen molar-refractivity contribution in [3.63, 3.8) is 0 Å². The van der Waals surface area contributed by atoms with Gasteiger partial charge >= 0.3 is 0 Å². The second-order valence-corrected chi connectivity index (χ2v) is 7.98. The molecule has 0 radical (unpaired) electrons. The van der Waals surface area contributed by atoms with Gasteiger partial charge in [-0.05, 0) is 66.5 Å². The Morgan fingerprint density at radius 3 is 2.62 bits per heavy atom. The molecule has 1 heterocycles. The summed E-state index contributed by atoms with van der Waals surface area (Å²) in [4.78, 5) is 1.27. The van der Waals surface area contributed by atoms with Crippen LogP contribution >= 0.6 is 11.8 Å². The third-order valence-corrected chi connectivity index (χ3v) is 5.91. The Balaban J connectivity index is 1.84. The van der Waals surface area contributed by atoms with Crippen LogP contribution in [0.5, 0.6) is 0 Å². The molecular formula is C19H30N6S. The van der Waals surface area contributed by atoms with Crippen LogP contribution < -0.4 is 11.1 Å². The number of nitrogens with two attached hydrogens (primary N) is 1. The molecule has 1 aliphatic carbocycles. The Bertz CT molecular complexity index is 663. The van der Waals surface area contributed by atoms with Crippen LogP contribution in [0, 0.1) is 0 Å². The molecule has 0 aliphatic heterocycles. The van der Waals surface area contributed by atoms with Gasteiger partial charge in [-0.1, -0.05) is 25.5 Å². The van der Waals surface area contributed by atoms with E-state index in [0.717, 1.165) is 50.9 Å². The number of aryl methyl sites for hydroxylation is 1. The molecule has 7 heteroatoms. The maximum Gasteiger partial charge on any atom is 0.172 e. The van der Waals surface area contributed by atoms with Gasteiger partial charge in [0.2, 0.25) is 0 Å². The van der Waals surface area contributed by atoms with Crippen molar-refractivity contribution in [3.8, 4) is 0 Å². The second kappa shape index (κ2) is 9.48. The maximum absolute atomic E-state index is 6.08. The summed E-state index contributed by atoms with van der Waals surface area (Å²) in [6.45, 7) is 3.04. The Labute approximate surface area is 160 Å². The van der Waals surface area contributed by atoms with E-state index >= 15 is 0 Å². The number of rotatable bonds is 8. The molecule has 1 aromatic heterocycles. The minimum Gasteiger partial charge on any atom is -0.328 e. The van der Waals surface area contributed by atoms with Gasteiger partial charge in [0, 0.05) is 23.5 Å². The molecule has 1 saturated carbocycles. The van der Waals surface area contributed by atoms with E-state index in [0.29, 0.717) is 12.1 Å². The summed E-state index contributed by atoms with van der Waals surface area (Å²) in [7, 11) is 0. The van der Waals surface area contributed by atoms with Crippen LogP contribution in [0.4, 0.5) is 0 Å². The highest BCUT2D eigenvalue weighted by molar-refractivity contribution is 7.98. The predicted octanol–water partition coefficient (Wildman–Crippen LogP) is 3.14. The van der Waals surface area contributed by atoms with Gasteiger partial charge in [-0.3, -0.25) is 0 Å². The quantitative estimate of drug-likeness (QED) is 0.691. The number of nitrogens with one attached hydrogen (secondary N) is 1. The van der Waals surface area contributed by atoms with E-state index in [9.17, 15) is 0 Å². The highest BCUT2D eigenvalue weighted by Crippen LogP contribution is 2.27. The molecule has 1 unspecified atom stereocenters. The average molecular weight is 375 g/mol. The number of nitrogens with zero attached hydrogens (tertiary/aromatic N) is 4. The highest BCUT2D eigenvalue weighted by atomic mass is 32.2. The summed E-state index contributed by atoms with van der Waals surface area (Å²) in [6.07, 6.45) is 8.68. The van der Waals surface area contributed by atoms with Gasteiger partial charge in [0.05, 0.1) is 6.04 Å². The number of thioether (sulfide) groups is 1. The third kappa shape index (κ3) is 4.84. The molecule has 1 aromatic carbocycles. The van der Waals surface area contributed by atoms with Crippen LogP contribution in [0.2, 0.25) is 0 Å². The van der Waals surface area contributed by atoms with Crippen molar-refractivity contribution in [2.45, 2.75) is 75.0 Å². The fourth-order valence-electron chi connectivity index (χ4n) is 3.52. The van der Waals surface area contributed by atoms with Gasteiger partial charge in [-0.15, -0.1) is 16.9 Å². The Kier molecular flexibility index (Phi) is 7.05. The number of hydrogen-bond donors (Lipinski definition) is 2. The number of hydrogen-bond acceptors (Lipinski definition) is 6. The minimum absolute atomic E-state index is 0.0112. The van der Waals surface area contributed by atoms with Crippen molar-refractivity contribution in [2.75, 3.05) is 6.26 Å². The summed E-state index contributed by atoms with van der Waals surface area (Å²) >= 11 is 1.76. The molecule has 0 saturated heterocycles. The molecule has 0 spiro atoms. The van der Waals surface area contributed by atoms with Crippen molar-refractivity contribution in [3.05, 3.63) is 35.7 Å². The minimum atomic E-state index is 0.0112. The van der Waals surface area contributed by atoms with Crippen molar-refractivity contribution in [1.82, 2.24) is 25.5 Å². The topological polar surface area (TPSA) is 81.7 Å². The van der Waals surface area contributed by atoms with Gasteiger partial charge in [0.25, 0.3) is 0 Å². The SMILES string of the molecule is CCCCn1nnnc1C(NC1CCC(N)CC1)c1ccc(SC)cc1. The van der Waals surface area contributed by atoms with E-state index in [4.69, 9.17) is 5.73 Å². The number of unbranched alkanes of at least 4 members (excludes halogenated alkanes) is 1. The molecule has 26 heavy (non-hydrogen) atoms. The molecule has 6 nitrogen and oxygen atoms in total. The summed E-state index contributed by atoms with van der Waals surface area (Å²) < 4.78 is 1.96. The van der Waals surface area contributed by atoms with Gasteiger partial charge in [-0.2, -0.15) is 0 Å². The summed E-state index contributed by atoms with van der Waals surface area (Å²) in [5, 5.41) is 16.4. The first kappa shape index (κ1) is 19.3. The first-order valence-corrected chi connectivity index (χ1v) is 10.9. The average Bonchev–Trinajstić information content (AvgIpc) is 3.14. The fourth-order valence-corrected chi connectivity index (χ4v) is 3.93. The Morgan fingerprint density at radius 2 is 1.96 bits per heavy atom. The van der Waals surface area contributed by atoms with E-state index in [-0.39, 0.29) is 6.04 Å². The van der Waals surface area contributed by atoms with Crippen molar-refractivity contribution in [2.24, 2.45) is 5.73 Å². The van der Waals surface area contributed by atoms with E-state index in [1.54, 1.807) is 11.8 Å². The molecule has 1 aliphatic rings. The summed E-state index contributed by atoms with van der Waals surface area (Å²) in [6, 6.07) is 9.54. The normalized spacial score (nSPS) is 21.7. The van der Waals surface area contributed by atoms with E-state index in [1.807, 2.05) is 4.68 Å². The lowest BCUT2D eigenvalue weighted by Crippen LogP contribution is -2.40. The Morgan fingerprint density at radius 1 is 1.23 bits per heavy atom. The van der Waals surface area contributed by atoms with Crippen LogP contribution in [0.3, 0.4) is 0 Å². The number of tetrazole rings is 1. The molecule has 3 N–H and O–H groups in total. The predicted molar refractivity (Wildman–Crippen MR) is 106 cm³/mol. The van der Waals surface area contributed by atoms with Crippen LogP contribution in [-0.2, 0) is 6.54 Å². The smallest absolute Gasteiger partial charge is 0.172 e. The maximum atomic E-state index is 6.08. The first-order valence-electron chi connectivity index (χ1n) is 9.63. The van der Waals surface area contributed by atoms with Gasteiger partial charge in [0.15, 0.2) is 5.82 Å².